The molecule has 1 aliphatic carbocycles. The summed E-state index contributed by atoms with van der Waals surface area (Å²) in [6.07, 6.45) is -3.19. The number of amidine groups is 1. The van der Waals surface area contributed by atoms with E-state index in [1.165, 1.54) is 43.5 Å². The second kappa shape index (κ2) is 10.9. The number of carbonyl (C=O) groups excluding carboxylic acids is 1. The molecule has 0 bridgehead atoms. The number of halogens is 6. The number of hydrogen-bond donors (Lipinski definition) is 1. The van der Waals surface area contributed by atoms with Crippen molar-refractivity contribution in [3.63, 3.8) is 0 Å². The van der Waals surface area contributed by atoms with Crippen LogP contribution in [0.15, 0.2) is 64.7 Å². The van der Waals surface area contributed by atoms with Crippen LogP contribution in [0.5, 0.6) is 0 Å². The Hall–Kier alpha value is -4.01. The molecule has 0 unspecified atom stereocenters. The fourth-order valence-electron chi connectivity index (χ4n) is 3.36. The van der Waals surface area contributed by atoms with E-state index in [9.17, 15) is 39.6 Å². The lowest BCUT2D eigenvalue weighted by atomic mass is 10.1. The van der Waals surface area contributed by atoms with Crippen molar-refractivity contribution in [3.8, 4) is 11.1 Å². The number of hydroxylamine groups is 1. The van der Waals surface area contributed by atoms with Gasteiger partial charge in [0.25, 0.3) is 0 Å². The Morgan fingerprint density at radius 2 is 1.70 bits per heavy atom. The van der Waals surface area contributed by atoms with Crippen LogP contribution in [0.4, 0.5) is 32.2 Å². The molecule has 1 saturated carbocycles. The molecule has 4 rings (SSSR count). The number of nitrogens with one attached hydrogen (secondary N) is 1. The average molecular weight is 587 g/mol. The number of sulfone groups is 1. The van der Waals surface area contributed by atoms with E-state index in [0.717, 1.165) is 6.07 Å². The van der Waals surface area contributed by atoms with E-state index in [4.69, 9.17) is 4.84 Å². The standard InChI is InChI=1S/C25H20F6N4O4S/c1-2-40(37,38)19-11-16(14-5-8-18(26)9-6-14)12-33-21(19)22(35-39-23(36)15-3-4-15)34-20-10-7-17(13-32-20)24(27,28)25(29,30)31/h5-13,15H,2-4H2,1H3,(H,32,34,35). The van der Waals surface area contributed by atoms with Crippen LogP contribution in [-0.2, 0) is 25.4 Å². The first-order valence-electron chi connectivity index (χ1n) is 11.7. The molecule has 15 heteroatoms. The molecular weight excluding hydrogens is 566 g/mol. The molecule has 2 heterocycles. The number of nitrogens with zero attached hydrogens (tertiary/aromatic N) is 3. The fraction of sp³-hybridized carbons (Fsp3) is 0.280. The van der Waals surface area contributed by atoms with Gasteiger partial charge in [0.15, 0.2) is 21.5 Å². The Bertz CT molecular complexity index is 1540. The summed E-state index contributed by atoms with van der Waals surface area (Å²) in [4.78, 5) is 28.5. The number of aliphatic imine (C=N–C) groups is 1. The number of rotatable bonds is 7. The SMILES string of the molecule is CCS(=O)(=O)c1cc(-c2ccc(F)cc2)cnc1C(=Nc1ccc(C(F)(F)C(F)(F)F)cn1)NOC(=O)C1CC1. The summed E-state index contributed by atoms with van der Waals surface area (Å²) in [5.41, 5.74) is 1.18. The van der Waals surface area contributed by atoms with Crippen molar-refractivity contribution in [2.24, 2.45) is 10.9 Å². The number of benzene rings is 1. The summed E-state index contributed by atoms with van der Waals surface area (Å²) in [6, 6.07) is 7.60. The highest BCUT2D eigenvalue weighted by atomic mass is 32.2. The van der Waals surface area contributed by atoms with Crippen LogP contribution >= 0.6 is 0 Å². The van der Waals surface area contributed by atoms with Gasteiger partial charge in [-0.3, -0.25) is 4.98 Å². The van der Waals surface area contributed by atoms with E-state index in [1.807, 2.05) is 0 Å². The lowest BCUT2D eigenvalue weighted by Gasteiger charge is -2.19. The number of carbonyl (C=O) groups is 1. The largest absolute Gasteiger partial charge is 0.458 e. The first kappa shape index (κ1) is 29.0. The second-order valence-corrected chi connectivity index (χ2v) is 11.0. The molecule has 0 spiro atoms. The Balaban J connectivity index is 1.80. The molecule has 0 atom stereocenters. The maximum absolute atomic E-state index is 13.7. The molecule has 8 nitrogen and oxygen atoms in total. The van der Waals surface area contributed by atoms with Crippen molar-refractivity contribution in [2.45, 2.75) is 36.8 Å². The van der Waals surface area contributed by atoms with Crippen molar-refractivity contribution >= 4 is 27.5 Å². The highest BCUT2D eigenvalue weighted by Gasteiger charge is 2.58. The van der Waals surface area contributed by atoms with Crippen LogP contribution in [-0.4, -0.2) is 42.1 Å². The summed E-state index contributed by atoms with van der Waals surface area (Å²) >= 11 is 0. The maximum Gasteiger partial charge on any atom is 0.458 e. The van der Waals surface area contributed by atoms with Gasteiger partial charge >= 0.3 is 18.1 Å². The normalized spacial score (nSPS) is 14.6. The minimum Gasteiger partial charge on any atom is -0.342 e. The predicted molar refractivity (Wildman–Crippen MR) is 130 cm³/mol. The third-order valence-corrected chi connectivity index (χ3v) is 7.56. The molecule has 0 amide bonds. The smallest absolute Gasteiger partial charge is 0.342 e. The molecule has 0 radical (unpaired) electrons. The van der Waals surface area contributed by atoms with Gasteiger partial charge in [0.05, 0.1) is 16.6 Å². The quantitative estimate of drug-likeness (QED) is 0.174. The van der Waals surface area contributed by atoms with Crippen molar-refractivity contribution < 1.29 is 44.4 Å². The van der Waals surface area contributed by atoms with Gasteiger partial charge in [0.1, 0.15) is 11.5 Å². The molecule has 0 saturated heterocycles. The lowest BCUT2D eigenvalue weighted by molar-refractivity contribution is -0.289. The van der Waals surface area contributed by atoms with E-state index < -0.39 is 50.9 Å². The molecule has 2 aromatic heterocycles. The zero-order valence-electron chi connectivity index (χ0n) is 20.5. The summed E-state index contributed by atoms with van der Waals surface area (Å²) in [7, 11) is -4.03. The van der Waals surface area contributed by atoms with Crippen LogP contribution in [0.3, 0.4) is 0 Å². The van der Waals surface area contributed by atoms with Crippen LogP contribution in [0, 0.1) is 11.7 Å². The van der Waals surface area contributed by atoms with Gasteiger partial charge in [-0.15, -0.1) is 0 Å². The second-order valence-electron chi connectivity index (χ2n) is 8.72. The van der Waals surface area contributed by atoms with Crippen molar-refractivity contribution in [3.05, 3.63) is 71.9 Å². The van der Waals surface area contributed by atoms with Crippen LogP contribution in [0.1, 0.15) is 31.0 Å². The molecule has 1 aromatic carbocycles. The molecule has 1 aliphatic rings. The fourth-order valence-corrected chi connectivity index (χ4v) is 4.42. The highest BCUT2D eigenvalue weighted by Crippen LogP contribution is 2.43. The Labute approximate surface area is 224 Å². The van der Waals surface area contributed by atoms with Crippen molar-refractivity contribution in [1.82, 2.24) is 15.4 Å². The Morgan fingerprint density at radius 3 is 2.25 bits per heavy atom. The number of pyridine rings is 2. The van der Waals surface area contributed by atoms with Crippen LogP contribution in [0.25, 0.3) is 11.1 Å². The minimum atomic E-state index is -5.86. The first-order valence-corrected chi connectivity index (χ1v) is 13.3. The molecular formula is C25H20F6N4O4S. The minimum absolute atomic E-state index is 0.273. The van der Waals surface area contributed by atoms with Gasteiger partial charge in [-0.05, 0) is 48.7 Å². The number of alkyl halides is 5. The molecule has 3 aromatic rings. The maximum atomic E-state index is 13.7. The summed E-state index contributed by atoms with van der Waals surface area (Å²) < 4.78 is 105. The van der Waals surface area contributed by atoms with Crippen molar-refractivity contribution in [1.29, 1.82) is 0 Å². The van der Waals surface area contributed by atoms with Gasteiger partial charge in [0, 0.05) is 23.5 Å². The zero-order valence-corrected chi connectivity index (χ0v) is 21.4. The monoisotopic (exact) mass is 586 g/mol. The first-order chi connectivity index (χ1) is 18.7. The van der Waals surface area contributed by atoms with E-state index in [0.29, 0.717) is 30.0 Å². The van der Waals surface area contributed by atoms with Gasteiger partial charge in [-0.25, -0.2) is 27.6 Å². The van der Waals surface area contributed by atoms with E-state index in [-0.39, 0.29) is 28.5 Å². The van der Waals surface area contributed by atoms with E-state index >= 15 is 0 Å². The van der Waals surface area contributed by atoms with E-state index in [2.05, 4.69) is 20.4 Å². The number of hydrogen-bond acceptors (Lipinski definition) is 7. The number of aromatic nitrogens is 2. The molecule has 212 valence electrons. The van der Waals surface area contributed by atoms with Crippen molar-refractivity contribution in [2.75, 3.05) is 5.75 Å². The zero-order chi connectivity index (χ0) is 29.3. The molecule has 1 fully saturated rings. The molecule has 1 N–H and O–H groups in total. The topological polar surface area (TPSA) is 111 Å². The lowest BCUT2D eigenvalue weighted by Crippen LogP contribution is -2.33. The molecule has 0 aliphatic heterocycles. The van der Waals surface area contributed by atoms with Gasteiger partial charge in [-0.1, -0.05) is 19.1 Å². The molecule has 40 heavy (non-hydrogen) atoms. The third-order valence-electron chi connectivity index (χ3n) is 5.82. The predicted octanol–water partition coefficient (Wildman–Crippen LogP) is 5.27. The summed E-state index contributed by atoms with van der Waals surface area (Å²) in [5.74, 6) is -8.04. The van der Waals surface area contributed by atoms with Gasteiger partial charge in [-0.2, -0.15) is 27.4 Å². The van der Waals surface area contributed by atoms with Crippen LogP contribution in [0.2, 0.25) is 0 Å². The van der Waals surface area contributed by atoms with Crippen LogP contribution < -0.4 is 5.48 Å². The van der Waals surface area contributed by atoms with Gasteiger partial charge < -0.3 is 4.84 Å². The van der Waals surface area contributed by atoms with E-state index in [1.54, 1.807) is 0 Å². The summed E-state index contributed by atoms with van der Waals surface area (Å²) in [6.45, 7) is 1.36. The third kappa shape index (κ3) is 6.24. The Kier molecular flexibility index (Phi) is 7.87. The Morgan fingerprint density at radius 1 is 1.02 bits per heavy atom. The van der Waals surface area contributed by atoms with Gasteiger partial charge in [0.2, 0.25) is 0 Å². The average Bonchev–Trinajstić information content (AvgIpc) is 3.76. The highest BCUT2D eigenvalue weighted by molar-refractivity contribution is 7.91. The summed E-state index contributed by atoms with van der Waals surface area (Å²) in [5, 5.41) is 0.